The Kier molecular flexibility index (Phi) is 3.20. The molecule has 4 rings (SSSR count). The van der Waals surface area contributed by atoms with Gasteiger partial charge in [0.2, 0.25) is 0 Å². The lowest BCUT2D eigenvalue weighted by molar-refractivity contribution is 0.602. The maximum atomic E-state index is 12.1. The van der Waals surface area contributed by atoms with Crippen LogP contribution >= 0.6 is 0 Å². The van der Waals surface area contributed by atoms with Crippen LogP contribution in [0.2, 0.25) is 0 Å². The van der Waals surface area contributed by atoms with Gasteiger partial charge in [-0.25, -0.2) is 13.4 Å². The highest BCUT2D eigenvalue weighted by Gasteiger charge is 2.19. The van der Waals surface area contributed by atoms with Crippen molar-refractivity contribution in [1.82, 2.24) is 25.4 Å². The van der Waals surface area contributed by atoms with Crippen LogP contribution in [-0.4, -0.2) is 40.1 Å². The van der Waals surface area contributed by atoms with Crippen molar-refractivity contribution in [3.63, 3.8) is 0 Å². The van der Waals surface area contributed by atoms with E-state index in [2.05, 4.69) is 25.4 Å². The summed E-state index contributed by atoms with van der Waals surface area (Å²) in [6.45, 7) is 0. The molecule has 24 heavy (non-hydrogen) atoms. The van der Waals surface area contributed by atoms with E-state index in [1.54, 1.807) is 18.2 Å². The highest BCUT2D eigenvalue weighted by Crippen LogP contribution is 2.32. The van der Waals surface area contributed by atoms with Crippen LogP contribution in [0.5, 0.6) is 0 Å². The van der Waals surface area contributed by atoms with Crippen molar-refractivity contribution in [2.45, 2.75) is 4.90 Å². The molecule has 0 radical (unpaired) electrons. The zero-order chi connectivity index (χ0) is 16.7. The Bertz CT molecular complexity index is 1130. The van der Waals surface area contributed by atoms with Gasteiger partial charge in [-0.2, -0.15) is 10.2 Å². The Morgan fingerprint density at radius 1 is 1.04 bits per heavy atom. The van der Waals surface area contributed by atoms with Gasteiger partial charge in [0.25, 0.3) is 0 Å². The number of hydrogen-bond donors (Lipinski definition) is 2. The van der Waals surface area contributed by atoms with Gasteiger partial charge >= 0.3 is 0 Å². The van der Waals surface area contributed by atoms with Gasteiger partial charge in [-0.15, -0.1) is 0 Å². The molecule has 0 spiro atoms. The highest BCUT2D eigenvalue weighted by atomic mass is 32.2. The number of para-hydroxylation sites is 1. The zero-order valence-corrected chi connectivity index (χ0v) is 13.5. The summed E-state index contributed by atoms with van der Waals surface area (Å²) in [5.41, 5.74) is 2.94. The predicted octanol–water partition coefficient (Wildman–Crippen LogP) is 2.42. The van der Waals surface area contributed by atoms with Crippen LogP contribution in [-0.2, 0) is 9.84 Å². The fourth-order valence-corrected chi connectivity index (χ4v) is 3.57. The van der Waals surface area contributed by atoms with Crippen LogP contribution in [0.25, 0.3) is 33.5 Å². The van der Waals surface area contributed by atoms with Crippen molar-refractivity contribution in [1.29, 1.82) is 0 Å². The van der Waals surface area contributed by atoms with Crippen molar-refractivity contribution in [3.05, 3.63) is 48.8 Å². The summed E-state index contributed by atoms with van der Waals surface area (Å²) in [5.74, 6) is 0.400. The van der Waals surface area contributed by atoms with Crippen LogP contribution in [0.15, 0.2) is 53.7 Å². The van der Waals surface area contributed by atoms with Crippen molar-refractivity contribution in [2.24, 2.45) is 0 Å². The number of hydrogen-bond acceptors (Lipinski definition) is 5. The molecule has 0 atom stereocenters. The molecule has 2 aromatic heterocycles. The molecule has 0 unspecified atom stereocenters. The molecular weight excluding hydrogens is 326 g/mol. The first-order valence-corrected chi connectivity index (χ1v) is 9.06. The topological polar surface area (TPSA) is 104 Å². The molecule has 7 nitrogen and oxygen atoms in total. The molecule has 120 valence electrons. The SMILES string of the molecule is CS(=O)(=O)c1ccc(-c2n[nH]c3ccccc23)cc1-c1ncn[nH]1. The number of sulfone groups is 1. The van der Waals surface area contributed by atoms with Gasteiger partial charge in [-0.3, -0.25) is 10.2 Å². The predicted molar refractivity (Wildman–Crippen MR) is 90.0 cm³/mol. The van der Waals surface area contributed by atoms with Crippen molar-refractivity contribution in [2.75, 3.05) is 6.26 Å². The fraction of sp³-hybridized carbons (Fsp3) is 0.0625. The van der Waals surface area contributed by atoms with E-state index in [9.17, 15) is 8.42 Å². The van der Waals surface area contributed by atoms with Gasteiger partial charge in [0.1, 0.15) is 6.33 Å². The van der Waals surface area contributed by atoms with Crippen LogP contribution in [0.4, 0.5) is 0 Å². The quantitative estimate of drug-likeness (QED) is 0.596. The summed E-state index contributed by atoms with van der Waals surface area (Å²) in [5, 5.41) is 14.8. The molecular formula is C16H13N5O2S. The third kappa shape index (κ3) is 2.37. The lowest BCUT2D eigenvalue weighted by Crippen LogP contribution is -2.01. The first kappa shape index (κ1) is 14.6. The van der Waals surface area contributed by atoms with Crippen LogP contribution in [0, 0.1) is 0 Å². The molecule has 0 fully saturated rings. The largest absolute Gasteiger partial charge is 0.277 e. The fourth-order valence-electron chi connectivity index (χ4n) is 2.70. The van der Waals surface area contributed by atoms with E-state index < -0.39 is 9.84 Å². The van der Waals surface area contributed by atoms with Crippen LogP contribution in [0.1, 0.15) is 0 Å². The molecule has 0 bridgehead atoms. The van der Waals surface area contributed by atoms with E-state index in [1.165, 1.54) is 12.6 Å². The standard InChI is InChI=1S/C16H13N5O2S/c1-24(22,23)14-7-6-10(8-12(14)16-17-9-18-21-16)15-11-4-2-3-5-13(11)19-20-15/h2-9H,1H3,(H,19,20)(H,17,18,21). The monoisotopic (exact) mass is 339 g/mol. The van der Waals surface area contributed by atoms with E-state index >= 15 is 0 Å². The molecule has 0 amide bonds. The second-order valence-electron chi connectivity index (χ2n) is 5.43. The molecule has 4 aromatic rings. The van der Waals surface area contributed by atoms with Gasteiger partial charge in [0.05, 0.1) is 16.1 Å². The molecule has 2 aromatic carbocycles. The maximum absolute atomic E-state index is 12.1. The molecule has 2 heterocycles. The Morgan fingerprint density at radius 3 is 2.62 bits per heavy atom. The summed E-state index contributed by atoms with van der Waals surface area (Å²) in [4.78, 5) is 4.28. The van der Waals surface area contributed by atoms with E-state index in [0.717, 1.165) is 22.2 Å². The van der Waals surface area contributed by atoms with Gasteiger partial charge in [-0.05, 0) is 18.2 Å². The van der Waals surface area contributed by atoms with Crippen molar-refractivity contribution < 1.29 is 8.42 Å². The smallest absolute Gasteiger partial charge is 0.176 e. The molecule has 0 aliphatic rings. The second-order valence-corrected chi connectivity index (χ2v) is 7.42. The van der Waals surface area contributed by atoms with Gasteiger partial charge in [0.15, 0.2) is 15.7 Å². The lowest BCUT2D eigenvalue weighted by atomic mass is 10.0. The minimum absolute atomic E-state index is 0.197. The summed E-state index contributed by atoms with van der Waals surface area (Å²) < 4.78 is 24.2. The molecule has 0 aliphatic heterocycles. The summed E-state index contributed by atoms with van der Waals surface area (Å²) >= 11 is 0. The Balaban J connectivity index is 1.97. The van der Waals surface area contributed by atoms with E-state index in [0.29, 0.717) is 11.4 Å². The number of rotatable bonds is 3. The van der Waals surface area contributed by atoms with Crippen molar-refractivity contribution in [3.8, 4) is 22.6 Å². The number of aromatic amines is 2. The van der Waals surface area contributed by atoms with Gasteiger partial charge in [-0.1, -0.05) is 24.3 Å². The van der Waals surface area contributed by atoms with Crippen molar-refractivity contribution >= 4 is 20.7 Å². The molecule has 8 heteroatoms. The number of fused-ring (bicyclic) bond motifs is 1. The van der Waals surface area contributed by atoms with Crippen LogP contribution in [0.3, 0.4) is 0 Å². The Hall–Kier alpha value is -3.00. The van der Waals surface area contributed by atoms with Crippen LogP contribution < -0.4 is 0 Å². The number of nitrogens with zero attached hydrogens (tertiary/aromatic N) is 3. The van der Waals surface area contributed by atoms with E-state index in [4.69, 9.17) is 0 Å². The highest BCUT2D eigenvalue weighted by molar-refractivity contribution is 7.90. The number of benzene rings is 2. The normalized spacial score (nSPS) is 11.9. The number of nitrogens with one attached hydrogen (secondary N) is 2. The average Bonchev–Trinajstić information content (AvgIpc) is 3.23. The molecule has 0 saturated carbocycles. The summed E-state index contributed by atoms with van der Waals surface area (Å²) in [6.07, 6.45) is 2.52. The summed E-state index contributed by atoms with van der Waals surface area (Å²) in [7, 11) is -3.40. The van der Waals surface area contributed by atoms with Gasteiger partial charge in [0, 0.05) is 22.8 Å². The lowest BCUT2D eigenvalue weighted by Gasteiger charge is -2.08. The molecule has 2 N–H and O–H groups in total. The first-order valence-electron chi connectivity index (χ1n) is 7.17. The average molecular weight is 339 g/mol. The molecule has 0 aliphatic carbocycles. The van der Waals surface area contributed by atoms with E-state index in [-0.39, 0.29) is 4.90 Å². The van der Waals surface area contributed by atoms with Gasteiger partial charge < -0.3 is 0 Å². The maximum Gasteiger partial charge on any atom is 0.176 e. The Labute approximate surface area is 137 Å². The summed E-state index contributed by atoms with van der Waals surface area (Å²) in [6, 6.07) is 12.9. The first-order chi connectivity index (χ1) is 11.5. The number of H-pyrrole nitrogens is 2. The minimum atomic E-state index is -3.40. The second kappa shape index (κ2) is 5.27. The minimum Gasteiger partial charge on any atom is -0.277 e. The zero-order valence-electron chi connectivity index (χ0n) is 12.7. The third-order valence-electron chi connectivity index (χ3n) is 3.79. The van der Waals surface area contributed by atoms with E-state index in [1.807, 2.05) is 24.3 Å². The Morgan fingerprint density at radius 2 is 1.88 bits per heavy atom. The molecule has 0 saturated heterocycles. The number of aromatic nitrogens is 5. The third-order valence-corrected chi connectivity index (χ3v) is 4.95.